The van der Waals surface area contributed by atoms with E-state index in [-0.39, 0.29) is 5.69 Å². The predicted octanol–water partition coefficient (Wildman–Crippen LogP) is 0.415. The first-order valence-corrected chi connectivity index (χ1v) is 4.86. The lowest BCUT2D eigenvalue weighted by atomic mass is 10.2. The van der Waals surface area contributed by atoms with Crippen LogP contribution in [0, 0.1) is 10.1 Å². The van der Waals surface area contributed by atoms with Gasteiger partial charge in [0.25, 0.3) is 0 Å². The van der Waals surface area contributed by atoms with Gasteiger partial charge in [0.1, 0.15) is 5.69 Å². The van der Waals surface area contributed by atoms with E-state index in [1.807, 2.05) is 0 Å². The van der Waals surface area contributed by atoms with Crippen molar-refractivity contribution in [2.45, 2.75) is 13.8 Å². The molecule has 0 aliphatic carbocycles. The molecule has 1 rings (SSSR count). The number of nitro groups is 1. The summed E-state index contributed by atoms with van der Waals surface area (Å²) in [6.07, 6.45) is 1.45. The second-order valence-electron chi connectivity index (χ2n) is 3.92. The van der Waals surface area contributed by atoms with E-state index in [9.17, 15) is 19.7 Å². The molecular formula is C10H13N3O4. The summed E-state index contributed by atoms with van der Waals surface area (Å²) in [5, 5.41) is 10.9. The molecule has 0 aromatic carbocycles. The summed E-state index contributed by atoms with van der Waals surface area (Å²) in [5.74, 6) is 0. The first-order valence-electron chi connectivity index (χ1n) is 4.86. The quantitative estimate of drug-likeness (QED) is 0.552. The molecule has 0 aliphatic heterocycles. The van der Waals surface area contributed by atoms with Crippen LogP contribution >= 0.6 is 0 Å². The third-order valence-corrected chi connectivity index (χ3v) is 2.29. The molecule has 92 valence electrons. The number of nitrogens with zero attached hydrogens (tertiary/aromatic N) is 3. The van der Waals surface area contributed by atoms with Crippen LogP contribution in [-0.2, 0) is 14.1 Å². The number of allylic oxidation sites excluding steroid dienone is 1. The van der Waals surface area contributed by atoms with Crippen molar-refractivity contribution in [1.29, 1.82) is 0 Å². The van der Waals surface area contributed by atoms with E-state index in [0.717, 1.165) is 14.7 Å². The zero-order valence-electron chi connectivity index (χ0n) is 10.1. The summed E-state index contributed by atoms with van der Waals surface area (Å²) in [5.41, 5.74) is -1.30. The molecule has 0 atom stereocenters. The van der Waals surface area contributed by atoms with Gasteiger partial charge in [-0.1, -0.05) is 5.57 Å². The highest BCUT2D eigenvalue weighted by Crippen LogP contribution is 2.14. The SMILES string of the molecule is CC(C)=Cc1c([N+](=O)[O-])c(=O)n(C)c(=O)n1C. The van der Waals surface area contributed by atoms with Gasteiger partial charge in [0.2, 0.25) is 0 Å². The van der Waals surface area contributed by atoms with E-state index in [1.54, 1.807) is 13.8 Å². The van der Waals surface area contributed by atoms with Crippen molar-refractivity contribution in [3.05, 3.63) is 42.2 Å². The van der Waals surface area contributed by atoms with Crippen molar-refractivity contribution in [2.24, 2.45) is 14.1 Å². The van der Waals surface area contributed by atoms with Crippen LogP contribution in [0.5, 0.6) is 0 Å². The van der Waals surface area contributed by atoms with Gasteiger partial charge in [-0.2, -0.15) is 0 Å². The molecule has 1 aromatic heterocycles. The van der Waals surface area contributed by atoms with E-state index < -0.39 is 21.9 Å². The molecular weight excluding hydrogens is 226 g/mol. The Morgan fingerprint density at radius 3 is 2.18 bits per heavy atom. The molecule has 1 aromatic rings. The standard InChI is InChI=1S/C10H13N3O4/c1-6(2)5-7-8(13(16)17)9(14)12(4)10(15)11(7)3/h5H,1-4H3. The lowest BCUT2D eigenvalue weighted by Crippen LogP contribution is -2.39. The molecule has 0 radical (unpaired) electrons. The molecule has 0 saturated carbocycles. The van der Waals surface area contributed by atoms with Gasteiger partial charge in [-0.05, 0) is 19.9 Å². The van der Waals surface area contributed by atoms with Crippen LogP contribution in [0.1, 0.15) is 19.5 Å². The van der Waals surface area contributed by atoms with Gasteiger partial charge >= 0.3 is 16.9 Å². The third kappa shape index (κ3) is 2.17. The fourth-order valence-corrected chi connectivity index (χ4v) is 1.45. The number of hydrogen-bond donors (Lipinski definition) is 0. The highest BCUT2D eigenvalue weighted by Gasteiger charge is 2.23. The maximum Gasteiger partial charge on any atom is 0.357 e. The van der Waals surface area contributed by atoms with E-state index in [2.05, 4.69) is 0 Å². The van der Waals surface area contributed by atoms with Gasteiger partial charge in [-0.3, -0.25) is 24.0 Å². The minimum absolute atomic E-state index is 0.0168. The van der Waals surface area contributed by atoms with Gasteiger partial charge in [0.15, 0.2) is 0 Å². The predicted molar refractivity (Wildman–Crippen MR) is 62.9 cm³/mol. The lowest BCUT2D eigenvalue weighted by Gasteiger charge is -2.07. The molecule has 0 N–H and O–H groups in total. The highest BCUT2D eigenvalue weighted by atomic mass is 16.6. The van der Waals surface area contributed by atoms with Gasteiger partial charge in [0.05, 0.1) is 4.92 Å². The molecule has 0 bridgehead atoms. The maximum atomic E-state index is 11.7. The van der Waals surface area contributed by atoms with Crippen molar-refractivity contribution in [3.63, 3.8) is 0 Å². The van der Waals surface area contributed by atoms with E-state index in [1.165, 1.54) is 20.2 Å². The Labute approximate surface area is 96.8 Å². The second-order valence-corrected chi connectivity index (χ2v) is 3.92. The van der Waals surface area contributed by atoms with Crippen molar-refractivity contribution in [2.75, 3.05) is 0 Å². The van der Waals surface area contributed by atoms with Crippen molar-refractivity contribution >= 4 is 11.8 Å². The summed E-state index contributed by atoms with van der Waals surface area (Å²) in [4.78, 5) is 33.4. The third-order valence-electron chi connectivity index (χ3n) is 2.29. The van der Waals surface area contributed by atoms with Gasteiger partial charge in [-0.25, -0.2) is 4.79 Å². The monoisotopic (exact) mass is 239 g/mol. The molecule has 17 heavy (non-hydrogen) atoms. The number of rotatable bonds is 2. The van der Waals surface area contributed by atoms with E-state index in [0.29, 0.717) is 0 Å². The van der Waals surface area contributed by atoms with Crippen LogP contribution in [0.4, 0.5) is 5.69 Å². The molecule has 7 heteroatoms. The minimum atomic E-state index is -0.898. The summed E-state index contributed by atoms with van der Waals surface area (Å²) in [7, 11) is 2.60. The summed E-state index contributed by atoms with van der Waals surface area (Å²) < 4.78 is 1.81. The van der Waals surface area contributed by atoms with Gasteiger partial charge in [0, 0.05) is 14.1 Å². The molecule has 7 nitrogen and oxygen atoms in total. The molecule has 0 fully saturated rings. The van der Waals surface area contributed by atoms with Crippen LogP contribution in [0.3, 0.4) is 0 Å². The fraction of sp³-hybridized carbons (Fsp3) is 0.400. The van der Waals surface area contributed by atoms with Crippen molar-refractivity contribution in [3.8, 4) is 0 Å². The lowest BCUT2D eigenvalue weighted by molar-refractivity contribution is -0.387. The van der Waals surface area contributed by atoms with Crippen LogP contribution in [0.25, 0.3) is 6.08 Å². The summed E-state index contributed by atoms with van der Waals surface area (Å²) in [6.45, 7) is 3.46. The number of hydrogen-bond acceptors (Lipinski definition) is 4. The van der Waals surface area contributed by atoms with Crippen LogP contribution < -0.4 is 11.2 Å². The Hall–Kier alpha value is -2.18. The highest BCUT2D eigenvalue weighted by molar-refractivity contribution is 5.58. The van der Waals surface area contributed by atoms with E-state index in [4.69, 9.17) is 0 Å². The summed E-state index contributed by atoms with van der Waals surface area (Å²) in [6, 6.07) is 0. The molecule has 0 amide bonds. The fourth-order valence-electron chi connectivity index (χ4n) is 1.45. The van der Waals surface area contributed by atoms with Crippen molar-refractivity contribution in [1.82, 2.24) is 9.13 Å². The Bertz CT molecular complexity index is 618. The zero-order valence-corrected chi connectivity index (χ0v) is 10.1. The zero-order chi connectivity index (χ0) is 13.3. The Balaban J connectivity index is 3.92. The largest absolute Gasteiger partial charge is 0.357 e. The molecule has 0 aliphatic rings. The van der Waals surface area contributed by atoms with E-state index >= 15 is 0 Å². The van der Waals surface area contributed by atoms with Crippen LogP contribution in [0.2, 0.25) is 0 Å². The van der Waals surface area contributed by atoms with Crippen LogP contribution in [-0.4, -0.2) is 14.1 Å². The maximum absolute atomic E-state index is 11.7. The topological polar surface area (TPSA) is 87.1 Å². The Morgan fingerprint density at radius 2 is 1.76 bits per heavy atom. The average Bonchev–Trinajstić information content (AvgIpc) is 2.22. The first kappa shape index (κ1) is 12.9. The normalized spacial score (nSPS) is 10.1. The Morgan fingerprint density at radius 1 is 1.24 bits per heavy atom. The second kappa shape index (κ2) is 4.36. The minimum Gasteiger partial charge on any atom is -0.291 e. The smallest absolute Gasteiger partial charge is 0.291 e. The molecule has 1 heterocycles. The van der Waals surface area contributed by atoms with Gasteiger partial charge in [-0.15, -0.1) is 0 Å². The Kier molecular flexibility index (Phi) is 3.31. The number of aromatic nitrogens is 2. The first-order chi connectivity index (χ1) is 7.77. The molecule has 0 saturated heterocycles. The van der Waals surface area contributed by atoms with Gasteiger partial charge < -0.3 is 0 Å². The van der Waals surface area contributed by atoms with Crippen LogP contribution in [0.15, 0.2) is 15.2 Å². The summed E-state index contributed by atoms with van der Waals surface area (Å²) >= 11 is 0. The van der Waals surface area contributed by atoms with Crippen molar-refractivity contribution < 1.29 is 4.92 Å². The average molecular weight is 239 g/mol. The molecule has 0 unspecified atom stereocenters. The molecule has 0 spiro atoms.